The summed E-state index contributed by atoms with van der Waals surface area (Å²) in [7, 11) is -8.36. The molecule has 32 heavy (non-hydrogen) atoms. The molecule has 8 heteroatoms. The second-order valence-corrected chi connectivity index (χ2v) is 10.9. The standard InChI is InChI=1S/C24H22N2O4S2/c1-17-7-11-20(12-8-17)26(21-13-9-18(2)10-14-21)32(29,30)24-16-22(31(25,27)28)15-19-5-3-4-6-23(19)24/h3-16H,1-2H3,(H2,25,27,28). The first kappa shape index (κ1) is 22.0. The highest BCUT2D eigenvalue weighted by Crippen LogP contribution is 2.36. The van der Waals surface area contributed by atoms with Gasteiger partial charge in [0.05, 0.1) is 21.2 Å². The Labute approximate surface area is 188 Å². The van der Waals surface area contributed by atoms with Crippen LogP contribution >= 0.6 is 0 Å². The van der Waals surface area contributed by atoms with Gasteiger partial charge in [-0.15, -0.1) is 0 Å². The molecule has 0 aliphatic carbocycles. The topological polar surface area (TPSA) is 97.5 Å². The van der Waals surface area contributed by atoms with Gasteiger partial charge >= 0.3 is 0 Å². The van der Waals surface area contributed by atoms with Crippen molar-refractivity contribution in [2.75, 3.05) is 4.31 Å². The van der Waals surface area contributed by atoms with Crippen molar-refractivity contribution in [3.63, 3.8) is 0 Å². The van der Waals surface area contributed by atoms with Crippen molar-refractivity contribution in [3.05, 3.63) is 96.1 Å². The zero-order chi connectivity index (χ0) is 23.1. The van der Waals surface area contributed by atoms with Gasteiger partial charge in [0.1, 0.15) is 0 Å². The van der Waals surface area contributed by atoms with Crippen molar-refractivity contribution in [1.29, 1.82) is 0 Å². The fraction of sp³-hybridized carbons (Fsp3) is 0.0833. The monoisotopic (exact) mass is 466 g/mol. The van der Waals surface area contributed by atoms with E-state index < -0.39 is 20.0 Å². The molecule has 0 atom stereocenters. The van der Waals surface area contributed by atoms with Crippen LogP contribution in [0, 0.1) is 13.8 Å². The van der Waals surface area contributed by atoms with E-state index in [9.17, 15) is 16.8 Å². The quantitative estimate of drug-likeness (QED) is 0.464. The minimum atomic E-state index is -4.23. The summed E-state index contributed by atoms with van der Waals surface area (Å²) >= 11 is 0. The fourth-order valence-electron chi connectivity index (χ4n) is 3.51. The molecule has 4 rings (SSSR count). The highest BCUT2D eigenvalue weighted by atomic mass is 32.2. The fourth-order valence-corrected chi connectivity index (χ4v) is 5.89. The molecule has 0 saturated heterocycles. The average molecular weight is 467 g/mol. The molecule has 0 aliphatic rings. The molecule has 6 nitrogen and oxygen atoms in total. The van der Waals surface area contributed by atoms with Crippen LogP contribution < -0.4 is 9.44 Å². The average Bonchev–Trinajstić information content (AvgIpc) is 2.75. The molecule has 0 aliphatic heterocycles. The summed E-state index contributed by atoms with van der Waals surface area (Å²) in [6.07, 6.45) is 0. The second kappa shape index (κ2) is 8.05. The van der Waals surface area contributed by atoms with Gasteiger partial charge in [-0.2, -0.15) is 0 Å². The van der Waals surface area contributed by atoms with Crippen LogP contribution in [0.25, 0.3) is 10.8 Å². The number of aryl methyl sites for hydroxylation is 2. The number of nitrogens with two attached hydrogens (primary N) is 1. The zero-order valence-corrected chi connectivity index (χ0v) is 19.2. The summed E-state index contributed by atoms with van der Waals surface area (Å²) in [6, 6.07) is 23.4. The lowest BCUT2D eigenvalue weighted by Gasteiger charge is -2.26. The molecular weight excluding hydrogens is 444 g/mol. The number of benzene rings is 4. The van der Waals surface area contributed by atoms with E-state index in [1.54, 1.807) is 48.5 Å². The lowest BCUT2D eigenvalue weighted by Crippen LogP contribution is -2.27. The summed E-state index contributed by atoms with van der Waals surface area (Å²) in [5, 5.41) is 6.23. The highest BCUT2D eigenvalue weighted by molar-refractivity contribution is 7.93. The third-order valence-corrected chi connectivity index (χ3v) is 7.87. The maximum absolute atomic E-state index is 14.1. The van der Waals surface area contributed by atoms with Crippen LogP contribution in [0.5, 0.6) is 0 Å². The Morgan fingerprint density at radius 1 is 0.688 bits per heavy atom. The Morgan fingerprint density at radius 2 is 1.19 bits per heavy atom. The van der Waals surface area contributed by atoms with Crippen LogP contribution in [-0.4, -0.2) is 16.8 Å². The zero-order valence-electron chi connectivity index (χ0n) is 17.6. The number of anilines is 2. The molecule has 4 aromatic rings. The van der Waals surface area contributed by atoms with Crippen molar-refractivity contribution in [2.45, 2.75) is 23.6 Å². The molecule has 0 heterocycles. The van der Waals surface area contributed by atoms with Crippen LogP contribution in [0.3, 0.4) is 0 Å². The van der Waals surface area contributed by atoms with Gasteiger partial charge in [0.2, 0.25) is 10.0 Å². The minimum Gasteiger partial charge on any atom is -0.235 e. The smallest absolute Gasteiger partial charge is 0.235 e. The van der Waals surface area contributed by atoms with E-state index >= 15 is 0 Å². The van der Waals surface area contributed by atoms with E-state index in [-0.39, 0.29) is 9.79 Å². The van der Waals surface area contributed by atoms with Crippen molar-refractivity contribution in [1.82, 2.24) is 0 Å². The van der Waals surface area contributed by atoms with Crippen molar-refractivity contribution >= 4 is 42.2 Å². The van der Waals surface area contributed by atoms with E-state index in [1.807, 2.05) is 38.1 Å². The van der Waals surface area contributed by atoms with E-state index in [4.69, 9.17) is 5.14 Å². The van der Waals surface area contributed by atoms with Crippen molar-refractivity contribution < 1.29 is 16.8 Å². The summed E-state index contributed by atoms with van der Waals surface area (Å²) < 4.78 is 53.6. The molecule has 0 aromatic heterocycles. The summed E-state index contributed by atoms with van der Waals surface area (Å²) in [4.78, 5) is -0.400. The van der Waals surface area contributed by atoms with E-state index in [1.165, 1.54) is 10.4 Å². The Hall–Kier alpha value is -3.20. The van der Waals surface area contributed by atoms with E-state index in [0.717, 1.165) is 17.2 Å². The van der Waals surface area contributed by atoms with Gasteiger partial charge in [-0.1, -0.05) is 59.7 Å². The van der Waals surface area contributed by atoms with Gasteiger partial charge in [0.15, 0.2) is 0 Å². The number of rotatable bonds is 5. The van der Waals surface area contributed by atoms with E-state index in [2.05, 4.69) is 0 Å². The second-order valence-electron chi connectivity index (χ2n) is 7.63. The van der Waals surface area contributed by atoms with Crippen molar-refractivity contribution in [2.24, 2.45) is 5.14 Å². The van der Waals surface area contributed by atoms with Gasteiger partial charge in [0.25, 0.3) is 10.0 Å². The van der Waals surface area contributed by atoms with Gasteiger partial charge in [0, 0.05) is 5.39 Å². The van der Waals surface area contributed by atoms with Crippen LogP contribution in [0.4, 0.5) is 11.4 Å². The predicted molar refractivity (Wildman–Crippen MR) is 127 cm³/mol. The number of hydrogen-bond donors (Lipinski definition) is 1. The van der Waals surface area contributed by atoms with Crippen LogP contribution in [0.15, 0.2) is 94.7 Å². The molecule has 0 bridgehead atoms. The Morgan fingerprint density at radius 3 is 1.69 bits per heavy atom. The third kappa shape index (κ3) is 4.12. The molecule has 0 saturated carbocycles. The molecule has 4 aromatic carbocycles. The molecule has 0 fully saturated rings. The lowest BCUT2D eigenvalue weighted by atomic mass is 10.1. The maximum atomic E-state index is 14.1. The Kier molecular flexibility index (Phi) is 5.54. The molecule has 164 valence electrons. The van der Waals surface area contributed by atoms with Crippen molar-refractivity contribution in [3.8, 4) is 0 Å². The first-order chi connectivity index (χ1) is 15.1. The maximum Gasteiger partial charge on any atom is 0.269 e. The number of primary sulfonamides is 1. The van der Waals surface area contributed by atoms with Gasteiger partial charge in [-0.25, -0.2) is 26.3 Å². The number of fused-ring (bicyclic) bond motifs is 1. The van der Waals surface area contributed by atoms with Gasteiger partial charge < -0.3 is 0 Å². The first-order valence-corrected chi connectivity index (χ1v) is 12.8. The predicted octanol–water partition coefficient (Wildman–Crippen LogP) is 4.63. The molecule has 2 N–H and O–H groups in total. The summed E-state index contributed by atoms with van der Waals surface area (Å²) in [6.45, 7) is 3.83. The number of nitrogens with zero attached hydrogens (tertiary/aromatic N) is 1. The number of sulfonamides is 2. The normalized spacial score (nSPS) is 12.1. The summed E-state index contributed by atoms with van der Waals surface area (Å²) in [5.74, 6) is 0. The first-order valence-electron chi connectivity index (χ1n) is 9.82. The molecule has 0 spiro atoms. The van der Waals surface area contributed by atoms with Crippen LogP contribution in [0.1, 0.15) is 11.1 Å². The minimum absolute atomic E-state index is 0.138. The van der Waals surface area contributed by atoms with Crippen LogP contribution in [-0.2, 0) is 20.0 Å². The Balaban J connectivity index is 2.04. The third-order valence-electron chi connectivity index (χ3n) is 5.18. The molecule has 0 unspecified atom stereocenters. The Bertz CT molecular complexity index is 1470. The molecular formula is C24H22N2O4S2. The number of hydrogen-bond acceptors (Lipinski definition) is 4. The SMILES string of the molecule is Cc1ccc(N(c2ccc(C)cc2)S(=O)(=O)c2cc(S(N)(=O)=O)cc3ccccc23)cc1. The molecule has 0 amide bonds. The van der Waals surface area contributed by atoms with Gasteiger partial charge in [-0.3, -0.25) is 0 Å². The summed E-state index contributed by atoms with van der Waals surface area (Å²) in [5.41, 5.74) is 2.84. The van der Waals surface area contributed by atoms with E-state index in [0.29, 0.717) is 22.1 Å². The largest absolute Gasteiger partial charge is 0.269 e. The molecule has 0 radical (unpaired) electrons. The van der Waals surface area contributed by atoms with Crippen LogP contribution in [0.2, 0.25) is 0 Å². The highest BCUT2D eigenvalue weighted by Gasteiger charge is 2.30. The van der Waals surface area contributed by atoms with Gasteiger partial charge in [-0.05, 0) is 55.6 Å². The lowest BCUT2D eigenvalue weighted by molar-refractivity contribution is 0.596.